The SMILES string of the molecule is CCOc1cc(/C=C2/C(=O)NC(=O)N(c3ccc(C)c(C)c3)C2=O)cc(Br)c1OCc1ccc(OCc2ccccc2)c(OC)c1. The molecule has 46 heavy (non-hydrogen) atoms. The molecule has 0 saturated carbocycles. The maximum absolute atomic E-state index is 13.4. The second-order valence-corrected chi connectivity index (χ2v) is 11.4. The number of hydrogen-bond donors (Lipinski definition) is 1. The molecule has 236 valence electrons. The zero-order valence-electron chi connectivity index (χ0n) is 25.9. The van der Waals surface area contributed by atoms with Crippen LogP contribution in [0.1, 0.15) is 34.7 Å². The minimum absolute atomic E-state index is 0.192. The van der Waals surface area contributed by atoms with Gasteiger partial charge >= 0.3 is 6.03 Å². The van der Waals surface area contributed by atoms with Crippen LogP contribution in [0.15, 0.2) is 88.9 Å². The van der Waals surface area contributed by atoms with E-state index < -0.39 is 17.8 Å². The molecule has 1 aliphatic rings. The third-order valence-electron chi connectivity index (χ3n) is 7.34. The fourth-order valence-corrected chi connectivity index (χ4v) is 5.38. The summed E-state index contributed by atoms with van der Waals surface area (Å²) in [6.45, 7) is 6.61. The van der Waals surface area contributed by atoms with Crippen LogP contribution < -0.4 is 29.2 Å². The van der Waals surface area contributed by atoms with Gasteiger partial charge < -0.3 is 18.9 Å². The second kappa shape index (κ2) is 14.3. The number of carbonyl (C=O) groups is 3. The zero-order chi connectivity index (χ0) is 32.8. The summed E-state index contributed by atoms with van der Waals surface area (Å²) in [6.07, 6.45) is 1.42. The lowest BCUT2D eigenvalue weighted by molar-refractivity contribution is -0.122. The highest BCUT2D eigenvalue weighted by Crippen LogP contribution is 2.39. The molecule has 0 atom stereocenters. The Morgan fingerprint density at radius 2 is 1.54 bits per heavy atom. The number of hydrogen-bond acceptors (Lipinski definition) is 7. The fraction of sp³-hybridized carbons (Fsp3) is 0.194. The number of barbiturate groups is 1. The summed E-state index contributed by atoms with van der Waals surface area (Å²) in [5.74, 6) is 0.531. The summed E-state index contributed by atoms with van der Waals surface area (Å²) in [4.78, 5) is 39.9. The molecule has 1 heterocycles. The van der Waals surface area contributed by atoms with Gasteiger partial charge in [0, 0.05) is 0 Å². The molecule has 1 aliphatic heterocycles. The Morgan fingerprint density at radius 1 is 0.783 bits per heavy atom. The number of halogens is 1. The first kappa shape index (κ1) is 32.3. The van der Waals surface area contributed by atoms with E-state index in [0.29, 0.717) is 51.9 Å². The Labute approximate surface area is 275 Å². The quantitative estimate of drug-likeness (QED) is 0.131. The number of imide groups is 2. The highest BCUT2D eigenvalue weighted by atomic mass is 79.9. The minimum atomic E-state index is -0.803. The van der Waals surface area contributed by atoms with E-state index in [0.717, 1.165) is 27.2 Å². The maximum Gasteiger partial charge on any atom is 0.335 e. The van der Waals surface area contributed by atoms with Crippen LogP contribution in [-0.2, 0) is 22.8 Å². The van der Waals surface area contributed by atoms with Gasteiger partial charge in [-0.15, -0.1) is 0 Å². The number of urea groups is 1. The smallest absolute Gasteiger partial charge is 0.335 e. The van der Waals surface area contributed by atoms with Gasteiger partial charge in [0.2, 0.25) is 0 Å². The van der Waals surface area contributed by atoms with Crippen LogP contribution in [0.5, 0.6) is 23.0 Å². The third kappa shape index (κ3) is 7.24. The van der Waals surface area contributed by atoms with Gasteiger partial charge in [-0.05, 0) is 107 Å². The Kier molecular flexibility index (Phi) is 10.1. The molecule has 0 aromatic heterocycles. The van der Waals surface area contributed by atoms with Crippen molar-refractivity contribution in [2.45, 2.75) is 34.0 Å². The van der Waals surface area contributed by atoms with Crippen molar-refractivity contribution in [2.24, 2.45) is 0 Å². The van der Waals surface area contributed by atoms with E-state index >= 15 is 0 Å². The van der Waals surface area contributed by atoms with Crippen molar-refractivity contribution in [3.05, 3.63) is 117 Å². The van der Waals surface area contributed by atoms with Crippen LogP contribution in [0.4, 0.5) is 10.5 Å². The van der Waals surface area contributed by atoms with Gasteiger partial charge in [0.25, 0.3) is 11.8 Å². The number of amides is 4. The van der Waals surface area contributed by atoms with Crippen molar-refractivity contribution >= 4 is 45.5 Å². The lowest BCUT2D eigenvalue weighted by atomic mass is 10.0. The number of nitrogens with zero attached hydrogens (tertiary/aromatic N) is 1. The molecule has 0 aliphatic carbocycles. The third-order valence-corrected chi connectivity index (χ3v) is 7.93. The average Bonchev–Trinajstić information content (AvgIpc) is 3.04. The number of ether oxygens (including phenoxy) is 4. The second-order valence-electron chi connectivity index (χ2n) is 10.5. The molecule has 0 radical (unpaired) electrons. The van der Waals surface area contributed by atoms with E-state index in [1.54, 1.807) is 31.4 Å². The van der Waals surface area contributed by atoms with E-state index in [4.69, 9.17) is 18.9 Å². The zero-order valence-corrected chi connectivity index (χ0v) is 27.5. The summed E-state index contributed by atoms with van der Waals surface area (Å²) in [6, 6.07) is 23.3. The molecular formula is C36H33BrN2O7. The number of rotatable bonds is 11. The molecule has 9 nitrogen and oxygen atoms in total. The van der Waals surface area contributed by atoms with E-state index in [9.17, 15) is 14.4 Å². The van der Waals surface area contributed by atoms with Crippen LogP contribution >= 0.6 is 15.9 Å². The van der Waals surface area contributed by atoms with Crippen molar-refractivity contribution in [2.75, 3.05) is 18.6 Å². The normalized spacial score (nSPS) is 13.9. The van der Waals surface area contributed by atoms with Gasteiger partial charge in [0.1, 0.15) is 18.8 Å². The number of methoxy groups -OCH3 is 1. The summed E-state index contributed by atoms with van der Waals surface area (Å²) in [7, 11) is 1.58. The topological polar surface area (TPSA) is 103 Å². The predicted molar refractivity (Wildman–Crippen MR) is 178 cm³/mol. The first-order chi connectivity index (χ1) is 22.2. The molecule has 0 spiro atoms. The average molecular weight is 686 g/mol. The Bertz CT molecular complexity index is 1820. The number of aryl methyl sites for hydroxylation is 2. The van der Waals surface area contributed by atoms with Gasteiger partial charge in [-0.2, -0.15) is 0 Å². The standard InChI is InChI=1S/C36H33BrN2O7/c1-5-44-32-19-26(16-28-34(40)38-36(42)39(35(28)41)27-13-11-22(2)23(3)15-27)17-29(37)33(32)46-21-25-12-14-30(31(18-25)43-4)45-20-24-9-7-6-8-10-24/h6-19H,5,20-21H2,1-4H3,(H,38,40,42)/b28-16-. The Balaban J connectivity index is 1.36. The number of carbonyl (C=O) groups excluding carboxylic acids is 3. The van der Waals surface area contributed by atoms with E-state index in [1.165, 1.54) is 6.08 Å². The van der Waals surface area contributed by atoms with Gasteiger partial charge in [0.05, 0.1) is 23.9 Å². The number of benzene rings is 4. The predicted octanol–water partition coefficient (Wildman–Crippen LogP) is 7.30. The van der Waals surface area contributed by atoms with Crippen LogP contribution in [0.3, 0.4) is 0 Å². The van der Waals surface area contributed by atoms with E-state index in [2.05, 4.69) is 21.2 Å². The summed E-state index contributed by atoms with van der Waals surface area (Å²) in [5.41, 5.74) is 4.48. The molecule has 1 fully saturated rings. The maximum atomic E-state index is 13.4. The van der Waals surface area contributed by atoms with Crippen LogP contribution in [-0.4, -0.2) is 31.6 Å². The Hall–Kier alpha value is -5.09. The van der Waals surface area contributed by atoms with Crippen molar-refractivity contribution in [1.82, 2.24) is 5.32 Å². The van der Waals surface area contributed by atoms with Crippen LogP contribution in [0.25, 0.3) is 6.08 Å². The van der Waals surface area contributed by atoms with Crippen LogP contribution in [0.2, 0.25) is 0 Å². The molecule has 1 N–H and O–H groups in total. The highest BCUT2D eigenvalue weighted by Gasteiger charge is 2.37. The summed E-state index contributed by atoms with van der Waals surface area (Å²) in [5, 5.41) is 2.27. The first-order valence-electron chi connectivity index (χ1n) is 14.6. The van der Waals surface area contributed by atoms with Crippen LogP contribution in [0, 0.1) is 13.8 Å². The molecule has 4 aromatic rings. The van der Waals surface area contributed by atoms with Crippen molar-refractivity contribution < 1.29 is 33.3 Å². The minimum Gasteiger partial charge on any atom is -0.493 e. The molecule has 4 amide bonds. The van der Waals surface area contributed by atoms with E-state index in [1.807, 2.05) is 75.4 Å². The molecule has 5 rings (SSSR count). The monoisotopic (exact) mass is 684 g/mol. The lowest BCUT2D eigenvalue weighted by Crippen LogP contribution is -2.54. The number of nitrogens with one attached hydrogen (secondary N) is 1. The van der Waals surface area contributed by atoms with Gasteiger partial charge in [-0.3, -0.25) is 14.9 Å². The van der Waals surface area contributed by atoms with Crippen molar-refractivity contribution in [3.63, 3.8) is 0 Å². The van der Waals surface area contributed by atoms with Crippen molar-refractivity contribution in [1.29, 1.82) is 0 Å². The molecular weight excluding hydrogens is 652 g/mol. The summed E-state index contributed by atoms with van der Waals surface area (Å²) >= 11 is 3.56. The van der Waals surface area contributed by atoms with Gasteiger partial charge in [-0.25, -0.2) is 9.69 Å². The molecule has 4 aromatic carbocycles. The Morgan fingerprint density at radius 3 is 2.26 bits per heavy atom. The molecule has 10 heteroatoms. The molecule has 1 saturated heterocycles. The highest BCUT2D eigenvalue weighted by molar-refractivity contribution is 9.10. The largest absolute Gasteiger partial charge is 0.493 e. The van der Waals surface area contributed by atoms with E-state index in [-0.39, 0.29) is 12.2 Å². The molecule has 0 bridgehead atoms. The van der Waals surface area contributed by atoms with Gasteiger partial charge in [-0.1, -0.05) is 42.5 Å². The fourth-order valence-electron chi connectivity index (χ4n) is 4.81. The first-order valence-corrected chi connectivity index (χ1v) is 15.4. The molecule has 0 unspecified atom stereocenters. The number of anilines is 1. The van der Waals surface area contributed by atoms with Crippen molar-refractivity contribution in [3.8, 4) is 23.0 Å². The summed E-state index contributed by atoms with van der Waals surface area (Å²) < 4.78 is 24.1. The lowest BCUT2D eigenvalue weighted by Gasteiger charge is -2.27. The van der Waals surface area contributed by atoms with Gasteiger partial charge in [0.15, 0.2) is 23.0 Å².